The summed E-state index contributed by atoms with van der Waals surface area (Å²) in [5, 5.41) is 3.80. The summed E-state index contributed by atoms with van der Waals surface area (Å²) in [5.74, 6) is 0. The van der Waals surface area contributed by atoms with Crippen molar-refractivity contribution < 1.29 is 0 Å². The van der Waals surface area contributed by atoms with Crippen LogP contribution in [-0.4, -0.2) is 6.04 Å². The number of nitrogens with one attached hydrogen (secondary N) is 1. The molecular formula is C18H29N. The minimum absolute atomic E-state index is 0.442. The van der Waals surface area contributed by atoms with Crippen molar-refractivity contribution in [3.8, 4) is 0 Å². The highest BCUT2D eigenvalue weighted by Gasteiger charge is 2.38. The summed E-state index contributed by atoms with van der Waals surface area (Å²) >= 11 is 0. The van der Waals surface area contributed by atoms with Crippen LogP contribution in [0.4, 0.5) is 5.69 Å². The van der Waals surface area contributed by atoms with E-state index in [4.69, 9.17) is 0 Å². The maximum absolute atomic E-state index is 3.80. The fourth-order valence-electron chi connectivity index (χ4n) is 4.08. The Morgan fingerprint density at radius 3 is 2.16 bits per heavy atom. The molecule has 106 valence electrons. The van der Waals surface area contributed by atoms with Gasteiger partial charge in [-0.05, 0) is 61.1 Å². The van der Waals surface area contributed by atoms with Gasteiger partial charge in [0.25, 0.3) is 0 Å². The zero-order chi connectivity index (χ0) is 14.3. The summed E-state index contributed by atoms with van der Waals surface area (Å²) in [6, 6.07) is 7.16. The Morgan fingerprint density at radius 1 is 1.00 bits per heavy atom. The first kappa shape index (κ1) is 14.4. The monoisotopic (exact) mass is 259 g/mol. The molecule has 0 aliphatic heterocycles. The average Bonchev–Trinajstić information content (AvgIpc) is 2.20. The second-order valence-corrected chi connectivity index (χ2v) is 8.00. The van der Waals surface area contributed by atoms with Gasteiger partial charge in [-0.1, -0.05) is 39.8 Å². The van der Waals surface area contributed by atoms with Crippen LogP contribution in [0.3, 0.4) is 0 Å². The van der Waals surface area contributed by atoms with E-state index in [0.29, 0.717) is 16.9 Å². The van der Waals surface area contributed by atoms with E-state index in [2.05, 4.69) is 65.1 Å². The molecule has 1 aliphatic rings. The summed E-state index contributed by atoms with van der Waals surface area (Å²) < 4.78 is 0. The molecule has 1 aromatic carbocycles. The second-order valence-electron chi connectivity index (χ2n) is 8.00. The van der Waals surface area contributed by atoms with Gasteiger partial charge in [0.15, 0.2) is 0 Å². The Bertz CT molecular complexity index is 441. The summed E-state index contributed by atoms with van der Waals surface area (Å²) in [5.41, 5.74) is 4.97. The quantitative estimate of drug-likeness (QED) is 0.758. The molecule has 1 nitrogen and oxygen atoms in total. The first-order valence-corrected chi connectivity index (χ1v) is 7.51. The van der Waals surface area contributed by atoms with Crippen LogP contribution >= 0.6 is 0 Å². The molecular weight excluding hydrogens is 230 g/mol. The number of anilines is 1. The molecule has 1 saturated carbocycles. The van der Waals surface area contributed by atoms with Crippen molar-refractivity contribution in [1.29, 1.82) is 0 Å². The number of hydrogen-bond acceptors (Lipinski definition) is 1. The highest BCUT2D eigenvalue weighted by molar-refractivity contribution is 5.54. The predicted octanol–water partition coefficient (Wildman–Crippen LogP) is 5.32. The highest BCUT2D eigenvalue weighted by Crippen LogP contribution is 2.46. The van der Waals surface area contributed by atoms with Crippen molar-refractivity contribution in [2.45, 2.75) is 66.8 Å². The van der Waals surface area contributed by atoms with Crippen LogP contribution in [0, 0.1) is 24.7 Å². The first-order valence-electron chi connectivity index (χ1n) is 7.51. The minimum atomic E-state index is 0.442. The van der Waals surface area contributed by atoms with Crippen LogP contribution in [-0.2, 0) is 0 Å². The largest absolute Gasteiger partial charge is 0.382 e. The van der Waals surface area contributed by atoms with Gasteiger partial charge in [-0.25, -0.2) is 0 Å². The summed E-state index contributed by atoms with van der Waals surface area (Å²) in [6.07, 6.45) is 3.86. The van der Waals surface area contributed by atoms with Crippen molar-refractivity contribution in [2.24, 2.45) is 10.8 Å². The Balaban J connectivity index is 2.16. The van der Waals surface area contributed by atoms with Crippen LogP contribution in [0.1, 0.15) is 58.1 Å². The lowest BCUT2D eigenvalue weighted by Crippen LogP contribution is -2.40. The first-order chi connectivity index (χ1) is 8.69. The van der Waals surface area contributed by atoms with Gasteiger partial charge in [-0.15, -0.1) is 0 Å². The molecule has 1 aromatic rings. The molecule has 0 spiro atoms. The number of hydrogen-bond donors (Lipinski definition) is 1. The lowest BCUT2D eigenvalue weighted by molar-refractivity contribution is 0.105. The lowest BCUT2D eigenvalue weighted by atomic mass is 9.63. The Hall–Kier alpha value is -0.980. The van der Waals surface area contributed by atoms with E-state index in [1.165, 1.54) is 36.1 Å². The fraction of sp³-hybridized carbons (Fsp3) is 0.667. The summed E-state index contributed by atoms with van der Waals surface area (Å²) in [4.78, 5) is 0. The van der Waals surface area contributed by atoms with E-state index in [1.807, 2.05) is 0 Å². The molecule has 1 heteroatoms. The van der Waals surface area contributed by atoms with Gasteiger partial charge in [0, 0.05) is 11.7 Å². The predicted molar refractivity (Wildman–Crippen MR) is 84.7 cm³/mol. The highest BCUT2D eigenvalue weighted by atomic mass is 14.9. The van der Waals surface area contributed by atoms with Crippen molar-refractivity contribution >= 4 is 5.69 Å². The lowest BCUT2D eigenvalue weighted by Gasteiger charge is -2.45. The third-order valence-corrected chi connectivity index (χ3v) is 4.52. The van der Waals surface area contributed by atoms with Gasteiger partial charge in [0.1, 0.15) is 0 Å². The van der Waals surface area contributed by atoms with Crippen LogP contribution < -0.4 is 5.32 Å². The number of rotatable bonds is 2. The van der Waals surface area contributed by atoms with E-state index in [1.54, 1.807) is 0 Å². The van der Waals surface area contributed by atoms with Crippen molar-refractivity contribution in [3.63, 3.8) is 0 Å². The van der Waals surface area contributed by atoms with Crippen molar-refractivity contribution in [1.82, 2.24) is 0 Å². The van der Waals surface area contributed by atoms with E-state index in [-0.39, 0.29) is 0 Å². The van der Waals surface area contributed by atoms with Gasteiger partial charge in [0.2, 0.25) is 0 Å². The van der Waals surface area contributed by atoms with E-state index in [9.17, 15) is 0 Å². The Morgan fingerprint density at radius 2 is 1.58 bits per heavy atom. The zero-order valence-corrected chi connectivity index (χ0v) is 13.4. The molecule has 0 aromatic heterocycles. The maximum Gasteiger partial charge on any atom is 0.0374 e. The number of benzene rings is 1. The molecule has 0 bridgehead atoms. The zero-order valence-electron chi connectivity index (χ0n) is 13.4. The van der Waals surface area contributed by atoms with Gasteiger partial charge < -0.3 is 5.32 Å². The fourth-order valence-corrected chi connectivity index (χ4v) is 4.08. The Kier molecular flexibility index (Phi) is 3.68. The van der Waals surface area contributed by atoms with Crippen molar-refractivity contribution in [3.05, 3.63) is 29.3 Å². The molecule has 1 N–H and O–H groups in total. The van der Waals surface area contributed by atoms with Crippen LogP contribution in [0.25, 0.3) is 0 Å². The topological polar surface area (TPSA) is 12.0 Å². The normalized spacial score (nSPS) is 22.2. The molecule has 2 rings (SSSR count). The molecule has 0 amide bonds. The second kappa shape index (κ2) is 4.85. The average molecular weight is 259 g/mol. The third-order valence-electron chi connectivity index (χ3n) is 4.52. The molecule has 0 saturated heterocycles. The SMILES string of the molecule is Cc1cccc(NC2CC(C)(C)CC(C)(C)C2)c1C. The van der Waals surface area contributed by atoms with E-state index < -0.39 is 0 Å². The minimum Gasteiger partial charge on any atom is -0.382 e. The van der Waals surface area contributed by atoms with Crippen LogP contribution in [0.5, 0.6) is 0 Å². The van der Waals surface area contributed by atoms with E-state index >= 15 is 0 Å². The van der Waals surface area contributed by atoms with Gasteiger partial charge in [0.05, 0.1) is 0 Å². The van der Waals surface area contributed by atoms with Gasteiger partial charge in [-0.2, -0.15) is 0 Å². The molecule has 1 aliphatic carbocycles. The van der Waals surface area contributed by atoms with Crippen LogP contribution in [0.2, 0.25) is 0 Å². The molecule has 0 unspecified atom stereocenters. The van der Waals surface area contributed by atoms with Gasteiger partial charge >= 0.3 is 0 Å². The number of aryl methyl sites for hydroxylation is 1. The summed E-state index contributed by atoms with van der Waals surface area (Å²) in [7, 11) is 0. The molecule has 0 radical (unpaired) electrons. The summed E-state index contributed by atoms with van der Waals surface area (Å²) in [6.45, 7) is 14.0. The molecule has 19 heavy (non-hydrogen) atoms. The van der Waals surface area contributed by atoms with Gasteiger partial charge in [-0.3, -0.25) is 0 Å². The molecule has 1 fully saturated rings. The van der Waals surface area contributed by atoms with Crippen LogP contribution in [0.15, 0.2) is 18.2 Å². The van der Waals surface area contributed by atoms with E-state index in [0.717, 1.165) is 0 Å². The van der Waals surface area contributed by atoms with Crippen molar-refractivity contribution in [2.75, 3.05) is 5.32 Å². The maximum atomic E-state index is 3.80. The Labute approximate surface area is 118 Å². The third kappa shape index (κ3) is 3.52. The standard InChI is InChI=1S/C18H29N/c1-13-8-7-9-16(14(13)2)19-15-10-17(3,4)12-18(5,6)11-15/h7-9,15,19H,10-12H2,1-6H3. The molecule has 0 atom stereocenters. The molecule has 0 heterocycles. The smallest absolute Gasteiger partial charge is 0.0374 e.